The molecule has 0 heterocycles. The molecule has 1 aliphatic carbocycles. The molecule has 1 nitrogen and oxygen atoms in total. The molecule has 0 saturated carbocycles. The molecule has 0 aromatic heterocycles. The van der Waals surface area contributed by atoms with Gasteiger partial charge in [-0.3, -0.25) is 0 Å². The van der Waals surface area contributed by atoms with Crippen molar-refractivity contribution in [2.75, 3.05) is 12.3 Å². The van der Waals surface area contributed by atoms with Gasteiger partial charge in [0.15, 0.2) is 0 Å². The number of alkyl halides is 3. The average molecular weight is 279 g/mol. The summed E-state index contributed by atoms with van der Waals surface area (Å²) in [6, 6.07) is 4.66. The van der Waals surface area contributed by atoms with Gasteiger partial charge in [-0.2, -0.15) is 13.2 Å². The molecular weight excluding hydrogens is 266 g/mol. The van der Waals surface area contributed by atoms with Crippen molar-refractivity contribution in [2.24, 2.45) is 0 Å². The van der Waals surface area contributed by atoms with Gasteiger partial charge in [0.1, 0.15) is 5.82 Å². The Hall–Kier alpha value is -0.750. The molecule has 1 unspecified atom stereocenters. The third kappa shape index (κ3) is 3.62. The first kappa shape index (κ1) is 13.7. The van der Waals surface area contributed by atoms with Gasteiger partial charge in [-0.25, -0.2) is 4.39 Å². The number of fused-ring (bicyclic) bond motifs is 1. The van der Waals surface area contributed by atoms with Crippen molar-refractivity contribution in [1.82, 2.24) is 5.32 Å². The second kappa shape index (κ2) is 5.48. The zero-order valence-corrected chi connectivity index (χ0v) is 10.4. The highest BCUT2D eigenvalue weighted by Crippen LogP contribution is 2.32. The van der Waals surface area contributed by atoms with Crippen LogP contribution in [0.25, 0.3) is 0 Å². The number of aryl methyl sites for hydroxylation is 1. The van der Waals surface area contributed by atoms with Gasteiger partial charge in [0, 0.05) is 18.3 Å². The van der Waals surface area contributed by atoms with E-state index in [4.69, 9.17) is 0 Å². The highest BCUT2D eigenvalue weighted by atomic mass is 32.2. The molecule has 0 aliphatic heterocycles. The minimum absolute atomic E-state index is 0.00344. The largest absolute Gasteiger partial charge is 0.441 e. The molecule has 1 aromatic rings. The summed E-state index contributed by atoms with van der Waals surface area (Å²) in [7, 11) is 0. The van der Waals surface area contributed by atoms with E-state index in [0.29, 0.717) is 6.54 Å². The fraction of sp³-hybridized carbons (Fsp3) is 0.500. The Kier molecular flexibility index (Phi) is 4.17. The van der Waals surface area contributed by atoms with Gasteiger partial charge < -0.3 is 5.32 Å². The normalized spacial score (nSPS) is 19.0. The Balaban J connectivity index is 1.83. The average Bonchev–Trinajstić information content (AvgIpc) is 2.65. The number of nitrogens with one attached hydrogen (secondary N) is 1. The van der Waals surface area contributed by atoms with E-state index in [-0.39, 0.29) is 29.4 Å². The van der Waals surface area contributed by atoms with E-state index in [1.54, 1.807) is 6.07 Å². The van der Waals surface area contributed by atoms with Crippen molar-refractivity contribution in [2.45, 2.75) is 24.4 Å². The van der Waals surface area contributed by atoms with Crippen molar-refractivity contribution in [3.63, 3.8) is 0 Å². The van der Waals surface area contributed by atoms with Crippen LogP contribution in [-0.4, -0.2) is 17.8 Å². The number of halogens is 4. The van der Waals surface area contributed by atoms with Crippen LogP contribution in [0.1, 0.15) is 23.6 Å². The molecule has 1 aromatic carbocycles. The Morgan fingerprint density at radius 1 is 1.33 bits per heavy atom. The molecule has 0 bridgehead atoms. The SMILES string of the molecule is Fc1ccc2c(c1)CCC2NCCSC(F)(F)F. The molecule has 1 aliphatic rings. The van der Waals surface area contributed by atoms with Crippen LogP contribution in [0.3, 0.4) is 0 Å². The highest BCUT2D eigenvalue weighted by Gasteiger charge is 2.28. The predicted octanol–water partition coefficient (Wildman–Crippen LogP) is 3.66. The van der Waals surface area contributed by atoms with E-state index in [2.05, 4.69) is 5.32 Å². The third-order valence-corrected chi connectivity index (χ3v) is 3.68. The lowest BCUT2D eigenvalue weighted by Gasteiger charge is -2.14. The van der Waals surface area contributed by atoms with Gasteiger partial charge in [-0.1, -0.05) is 6.07 Å². The molecule has 1 N–H and O–H groups in total. The number of benzene rings is 1. The highest BCUT2D eigenvalue weighted by molar-refractivity contribution is 8.00. The molecule has 0 amide bonds. The van der Waals surface area contributed by atoms with Gasteiger partial charge in [0.25, 0.3) is 0 Å². The van der Waals surface area contributed by atoms with Gasteiger partial charge in [0.2, 0.25) is 0 Å². The van der Waals surface area contributed by atoms with Crippen LogP contribution in [0.4, 0.5) is 17.6 Å². The summed E-state index contributed by atoms with van der Waals surface area (Å²) in [4.78, 5) is 0. The molecule has 6 heteroatoms. The molecule has 0 saturated heterocycles. The van der Waals surface area contributed by atoms with Gasteiger partial charge in [-0.05, 0) is 47.9 Å². The number of hydrogen-bond donors (Lipinski definition) is 1. The topological polar surface area (TPSA) is 12.0 Å². The minimum atomic E-state index is -4.17. The van der Waals surface area contributed by atoms with Crippen LogP contribution in [0.15, 0.2) is 18.2 Å². The number of thioether (sulfide) groups is 1. The Bertz CT molecular complexity index is 419. The molecule has 1 atom stereocenters. The quantitative estimate of drug-likeness (QED) is 0.667. The van der Waals surface area contributed by atoms with Gasteiger partial charge in [0.05, 0.1) is 0 Å². The predicted molar refractivity (Wildman–Crippen MR) is 64.0 cm³/mol. The molecule has 0 radical (unpaired) electrons. The maximum atomic E-state index is 13.0. The summed E-state index contributed by atoms with van der Waals surface area (Å²) in [6.45, 7) is 0.297. The smallest absolute Gasteiger partial charge is 0.309 e. The van der Waals surface area contributed by atoms with Crippen LogP contribution in [-0.2, 0) is 6.42 Å². The maximum absolute atomic E-state index is 13.0. The van der Waals surface area contributed by atoms with Gasteiger partial charge >= 0.3 is 5.51 Å². The van der Waals surface area contributed by atoms with Gasteiger partial charge in [-0.15, -0.1) is 0 Å². The lowest BCUT2D eigenvalue weighted by Crippen LogP contribution is -2.23. The summed E-state index contributed by atoms with van der Waals surface area (Å²) in [5, 5.41) is 3.09. The molecular formula is C12H13F4NS. The zero-order valence-electron chi connectivity index (χ0n) is 9.56. The van der Waals surface area contributed by atoms with Crippen molar-refractivity contribution < 1.29 is 17.6 Å². The first-order valence-electron chi connectivity index (χ1n) is 5.68. The fourth-order valence-electron chi connectivity index (χ4n) is 2.20. The van der Waals surface area contributed by atoms with Crippen LogP contribution in [0, 0.1) is 5.82 Å². The van der Waals surface area contributed by atoms with Crippen molar-refractivity contribution in [3.05, 3.63) is 35.1 Å². The summed E-state index contributed by atoms with van der Waals surface area (Å²) < 4.78 is 48.8. The summed E-state index contributed by atoms with van der Waals surface area (Å²) in [6.07, 6.45) is 1.59. The van der Waals surface area contributed by atoms with E-state index < -0.39 is 5.51 Å². The van der Waals surface area contributed by atoms with E-state index in [9.17, 15) is 17.6 Å². The van der Waals surface area contributed by atoms with Crippen LogP contribution in [0.2, 0.25) is 0 Å². The van der Waals surface area contributed by atoms with Crippen molar-refractivity contribution >= 4 is 11.8 Å². The Morgan fingerprint density at radius 2 is 2.11 bits per heavy atom. The van der Waals surface area contributed by atoms with E-state index in [0.717, 1.165) is 24.0 Å². The maximum Gasteiger partial charge on any atom is 0.441 e. The summed E-state index contributed by atoms with van der Waals surface area (Å²) in [5.74, 6) is -0.265. The van der Waals surface area contributed by atoms with Crippen molar-refractivity contribution in [3.8, 4) is 0 Å². The first-order valence-corrected chi connectivity index (χ1v) is 6.67. The monoisotopic (exact) mass is 279 g/mol. The Morgan fingerprint density at radius 3 is 2.83 bits per heavy atom. The fourth-order valence-corrected chi connectivity index (χ4v) is 2.65. The van der Waals surface area contributed by atoms with Crippen LogP contribution >= 0.6 is 11.8 Å². The summed E-state index contributed by atoms with van der Waals surface area (Å²) >= 11 is -0.0218. The third-order valence-electron chi connectivity index (χ3n) is 2.94. The van der Waals surface area contributed by atoms with Crippen LogP contribution in [0.5, 0.6) is 0 Å². The molecule has 0 fully saturated rings. The number of rotatable bonds is 4. The van der Waals surface area contributed by atoms with E-state index in [1.807, 2.05) is 0 Å². The minimum Gasteiger partial charge on any atom is -0.309 e. The van der Waals surface area contributed by atoms with Crippen LogP contribution < -0.4 is 5.32 Å². The van der Waals surface area contributed by atoms with Crippen molar-refractivity contribution in [1.29, 1.82) is 0 Å². The molecule has 2 rings (SSSR count). The second-order valence-corrected chi connectivity index (χ2v) is 5.34. The number of hydrogen-bond acceptors (Lipinski definition) is 2. The lowest BCUT2D eigenvalue weighted by molar-refractivity contribution is -0.0327. The molecule has 0 spiro atoms. The second-order valence-electron chi connectivity index (χ2n) is 4.18. The van der Waals surface area contributed by atoms with E-state index >= 15 is 0 Å². The zero-order chi connectivity index (χ0) is 13.2. The molecule has 18 heavy (non-hydrogen) atoms. The summed E-state index contributed by atoms with van der Waals surface area (Å²) in [5.41, 5.74) is -2.21. The lowest BCUT2D eigenvalue weighted by atomic mass is 10.1. The Labute approximate surface area is 107 Å². The molecule has 100 valence electrons. The first-order chi connectivity index (χ1) is 8.46. The standard InChI is InChI=1S/C12H13F4NS/c13-9-2-3-10-8(7-9)1-4-11(10)17-5-6-18-12(14,15)16/h2-3,7,11,17H,1,4-6H2. The van der Waals surface area contributed by atoms with E-state index in [1.165, 1.54) is 12.1 Å².